The molecule has 1 aromatic rings. The molecule has 0 saturated heterocycles. The summed E-state index contributed by atoms with van der Waals surface area (Å²) >= 11 is 0. The molecule has 6 heteroatoms. The number of halogens is 3. The third-order valence-electron chi connectivity index (χ3n) is 3.20. The molecule has 114 valence electrons. The van der Waals surface area contributed by atoms with Gasteiger partial charge in [-0.3, -0.25) is 0 Å². The van der Waals surface area contributed by atoms with Gasteiger partial charge in [-0.15, -0.1) is 0 Å². The molecule has 20 heavy (non-hydrogen) atoms. The van der Waals surface area contributed by atoms with Gasteiger partial charge in [-0.1, -0.05) is 6.92 Å². The third-order valence-corrected chi connectivity index (χ3v) is 3.20. The Morgan fingerprint density at radius 3 is 2.15 bits per heavy atom. The van der Waals surface area contributed by atoms with Crippen molar-refractivity contribution < 1.29 is 13.2 Å². The molecule has 0 bridgehead atoms. The zero-order valence-electron chi connectivity index (χ0n) is 12.4. The number of aromatic nitrogens is 2. The van der Waals surface area contributed by atoms with E-state index in [2.05, 4.69) is 22.2 Å². The van der Waals surface area contributed by atoms with Crippen LogP contribution in [-0.2, 0) is 12.8 Å². The van der Waals surface area contributed by atoms with E-state index in [1.807, 2.05) is 20.9 Å². The molecule has 0 aromatic carbocycles. The third kappa shape index (κ3) is 5.45. The van der Waals surface area contributed by atoms with Crippen LogP contribution in [0.2, 0.25) is 0 Å². The quantitative estimate of drug-likeness (QED) is 0.875. The molecule has 1 atom stereocenters. The first-order valence-corrected chi connectivity index (χ1v) is 6.77. The average Bonchev–Trinajstić information content (AvgIpc) is 2.31. The Hall–Kier alpha value is -1.17. The molecule has 0 fully saturated rings. The molecule has 0 amide bonds. The van der Waals surface area contributed by atoms with Crippen molar-refractivity contribution in [3.8, 4) is 0 Å². The SMILES string of the molecule is CNCC(C)Cc1c(C)nc(CCC(F)(F)F)nc1C. The van der Waals surface area contributed by atoms with E-state index >= 15 is 0 Å². The zero-order valence-corrected chi connectivity index (χ0v) is 12.4. The van der Waals surface area contributed by atoms with E-state index in [-0.39, 0.29) is 12.2 Å². The monoisotopic (exact) mass is 289 g/mol. The van der Waals surface area contributed by atoms with Crippen molar-refractivity contribution in [2.24, 2.45) is 5.92 Å². The van der Waals surface area contributed by atoms with Gasteiger partial charge in [0.25, 0.3) is 0 Å². The highest BCUT2D eigenvalue weighted by Gasteiger charge is 2.27. The molecule has 0 saturated carbocycles. The molecule has 1 aromatic heterocycles. The number of aryl methyl sites for hydroxylation is 3. The van der Waals surface area contributed by atoms with Gasteiger partial charge in [0.15, 0.2) is 0 Å². The lowest BCUT2D eigenvalue weighted by molar-refractivity contribution is -0.134. The molecule has 1 heterocycles. The molecular formula is C14H22F3N3. The number of nitrogens with zero attached hydrogens (tertiary/aromatic N) is 2. The van der Waals surface area contributed by atoms with Crippen molar-refractivity contribution >= 4 is 0 Å². The number of alkyl halides is 3. The topological polar surface area (TPSA) is 37.8 Å². The first-order valence-electron chi connectivity index (χ1n) is 6.77. The second-order valence-corrected chi connectivity index (χ2v) is 5.27. The highest BCUT2D eigenvalue weighted by molar-refractivity contribution is 5.25. The van der Waals surface area contributed by atoms with E-state index in [0.29, 0.717) is 5.92 Å². The molecular weight excluding hydrogens is 267 g/mol. The average molecular weight is 289 g/mol. The molecule has 1 unspecified atom stereocenters. The van der Waals surface area contributed by atoms with Crippen LogP contribution >= 0.6 is 0 Å². The number of nitrogens with one attached hydrogen (secondary N) is 1. The highest BCUT2D eigenvalue weighted by atomic mass is 19.4. The van der Waals surface area contributed by atoms with E-state index in [4.69, 9.17) is 0 Å². The van der Waals surface area contributed by atoms with E-state index in [9.17, 15) is 13.2 Å². The first kappa shape index (κ1) is 16.9. The largest absolute Gasteiger partial charge is 0.389 e. The second kappa shape index (κ2) is 7.02. The van der Waals surface area contributed by atoms with E-state index in [1.54, 1.807) is 0 Å². The van der Waals surface area contributed by atoms with Gasteiger partial charge in [-0.25, -0.2) is 9.97 Å². The first-order chi connectivity index (χ1) is 9.23. The van der Waals surface area contributed by atoms with Gasteiger partial charge in [0.05, 0.1) is 6.42 Å². The van der Waals surface area contributed by atoms with Gasteiger partial charge in [0.2, 0.25) is 0 Å². The molecule has 1 rings (SSSR count). The zero-order chi connectivity index (χ0) is 15.3. The fourth-order valence-electron chi connectivity index (χ4n) is 2.24. The summed E-state index contributed by atoms with van der Waals surface area (Å²) in [5.74, 6) is 0.712. The van der Waals surface area contributed by atoms with Crippen LogP contribution in [0.25, 0.3) is 0 Å². The second-order valence-electron chi connectivity index (χ2n) is 5.27. The van der Waals surface area contributed by atoms with E-state index in [1.165, 1.54) is 0 Å². The summed E-state index contributed by atoms with van der Waals surface area (Å²) in [7, 11) is 1.90. The summed E-state index contributed by atoms with van der Waals surface area (Å²) in [5, 5.41) is 3.11. The van der Waals surface area contributed by atoms with Crippen LogP contribution in [0, 0.1) is 19.8 Å². The fourth-order valence-corrected chi connectivity index (χ4v) is 2.24. The van der Waals surface area contributed by atoms with Crippen molar-refractivity contribution in [1.29, 1.82) is 0 Å². The lowest BCUT2D eigenvalue weighted by atomic mass is 9.98. The van der Waals surface area contributed by atoms with Crippen molar-refractivity contribution in [3.63, 3.8) is 0 Å². The molecule has 1 N–H and O–H groups in total. The van der Waals surface area contributed by atoms with Gasteiger partial charge in [-0.05, 0) is 45.3 Å². The van der Waals surface area contributed by atoms with Gasteiger partial charge < -0.3 is 5.32 Å². The maximum atomic E-state index is 12.2. The summed E-state index contributed by atoms with van der Waals surface area (Å²) in [4.78, 5) is 8.44. The van der Waals surface area contributed by atoms with Crippen LogP contribution < -0.4 is 5.32 Å². The fraction of sp³-hybridized carbons (Fsp3) is 0.714. The predicted octanol–water partition coefficient (Wildman–Crippen LogP) is 2.99. The predicted molar refractivity (Wildman–Crippen MR) is 72.7 cm³/mol. The van der Waals surface area contributed by atoms with Crippen molar-refractivity contribution in [2.45, 2.75) is 46.2 Å². The lowest BCUT2D eigenvalue weighted by Gasteiger charge is -2.15. The standard InChI is InChI=1S/C14H22F3N3/c1-9(8-18-4)7-12-10(2)19-13(20-11(12)3)5-6-14(15,16)17/h9,18H,5-8H2,1-4H3. The molecule has 3 nitrogen and oxygen atoms in total. The lowest BCUT2D eigenvalue weighted by Crippen LogP contribution is -2.19. The Kier molecular flexibility index (Phi) is 5.92. The van der Waals surface area contributed by atoms with E-state index in [0.717, 1.165) is 29.9 Å². The van der Waals surface area contributed by atoms with Crippen LogP contribution in [0.15, 0.2) is 0 Å². The summed E-state index contributed by atoms with van der Waals surface area (Å²) < 4.78 is 36.6. The summed E-state index contributed by atoms with van der Waals surface area (Å²) in [6.07, 6.45) is -4.36. The smallest absolute Gasteiger partial charge is 0.319 e. The van der Waals surface area contributed by atoms with E-state index < -0.39 is 12.6 Å². The number of rotatable bonds is 6. The molecule has 0 aliphatic heterocycles. The number of hydrogen-bond donors (Lipinski definition) is 1. The van der Waals surface area contributed by atoms with Crippen LogP contribution in [0.4, 0.5) is 13.2 Å². The molecule has 0 radical (unpaired) electrons. The van der Waals surface area contributed by atoms with Gasteiger partial charge >= 0.3 is 6.18 Å². The van der Waals surface area contributed by atoms with Crippen LogP contribution in [0.3, 0.4) is 0 Å². The molecule has 0 aliphatic carbocycles. The van der Waals surface area contributed by atoms with Crippen LogP contribution in [0.1, 0.15) is 36.1 Å². The minimum Gasteiger partial charge on any atom is -0.319 e. The molecule has 0 spiro atoms. The minimum atomic E-state index is -4.16. The Morgan fingerprint density at radius 2 is 1.70 bits per heavy atom. The number of hydrogen-bond acceptors (Lipinski definition) is 3. The molecule has 0 aliphatic rings. The van der Waals surface area contributed by atoms with Crippen LogP contribution in [-0.4, -0.2) is 29.7 Å². The Morgan fingerprint density at radius 1 is 1.15 bits per heavy atom. The Bertz CT molecular complexity index is 421. The van der Waals surface area contributed by atoms with Gasteiger partial charge in [-0.2, -0.15) is 13.2 Å². The summed E-state index contributed by atoms with van der Waals surface area (Å²) in [6.45, 7) is 6.68. The highest BCUT2D eigenvalue weighted by Crippen LogP contribution is 2.22. The maximum Gasteiger partial charge on any atom is 0.389 e. The Labute approximate surface area is 118 Å². The van der Waals surface area contributed by atoms with Crippen molar-refractivity contribution in [1.82, 2.24) is 15.3 Å². The van der Waals surface area contributed by atoms with Gasteiger partial charge in [0, 0.05) is 17.8 Å². The van der Waals surface area contributed by atoms with Crippen molar-refractivity contribution in [2.75, 3.05) is 13.6 Å². The van der Waals surface area contributed by atoms with Crippen LogP contribution in [0.5, 0.6) is 0 Å². The maximum absolute atomic E-state index is 12.2. The summed E-state index contributed by atoms with van der Waals surface area (Å²) in [5.41, 5.74) is 2.62. The minimum absolute atomic E-state index is 0.155. The summed E-state index contributed by atoms with van der Waals surface area (Å²) in [6, 6.07) is 0. The van der Waals surface area contributed by atoms with Crippen molar-refractivity contribution in [3.05, 3.63) is 22.8 Å². The van der Waals surface area contributed by atoms with Gasteiger partial charge in [0.1, 0.15) is 5.82 Å². The Balaban J connectivity index is 2.81. The normalized spacial score (nSPS) is 13.6.